The monoisotopic (exact) mass is 363 g/mol. The lowest BCUT2D eigenvalue weighted by Crippen LogP contribution is -2.37. The summed E-state index contributed by atoms with van der Waals surface area (Å²) in [7, 11) is 0. The molecule has 0 atom stereocenters. The highest BCUT2D eigenvalue weighted by atomic mass is 15.1. The van der Waals surface area contributed by atoms with Crippen LogP contribution in [0, 0.1) is 0 Å². The fourth-order valence-electron chi connectivity index (χ4n) is 3.98. The second-order valence-electron chi connectivity index (χ2n) is 8.04. The number of imidazole rings is 1. The molecule has 26 heavy (non-hydrogen) atoms. The van der Waals surface area contributed by atoms with Gasteiger partial charge in [-0.2, -0.15) is 0 Å². The van der Waals surface area contributed by atoms with Crippen molar-refractivity contribution in [2.45, 2.75) is 137 Å². The number of aryl methyl sites for hydroxylation is 2. The maximum absolute atomic E-state index is 2.49. The molecule has 152 valence electrons. The molecule has 0 N–H and O–H groups in total. The minimum Gasteiger partial charge on any atom is -0.235 e. The van der Waals surface area contributed by atoms with Crippen molar-refractivity contribution in [1.82, 2.24) is 4.57 Å². The average molecular weight is 364 g/mol. The van der Waals surface area contributed by atoms with E-state index >= 15 is 0 Å². The van der Waals surface area contributed by atoms with Gasteiger partial charge in [0.05, 0.1) is 13.1 Å². The molecule has 1 aromatic rings. The number of aromatic nitrogens is 2. The third kappa shape index (κ3) is 10.4. The van der Waals surface area contributed by atoms with Crippen molar-refractivity contribution in [3.05, 3.63) is 18.2 Å². The molecule has 0 spiro atoms. The van der Waals surface area contributed by atoms with E-state index in [1.165, 1.54) is 115 Å². The van der Waals surface area contributed by atoms with Gasteiger partial charge in [-0.25, -0.2) is 9.13 Å². The lowest BCUT2D eigenvalue weighted by Gasteiger charge is -2.04. The van der Waals surface area contributed by atoms with Crippen molar-refractivity contribution in [3.8, 4) is 0 Å². The van der Waals surface area contributed by atoms with E-state index in [9.17, 15) is 0 Å². The molecule has 0 amide bonds. The van der Waals surface area contributed by atoms with E-state index in [0.717, 1.165) is 6.54 Å². The second kappa shape index (κ2) is 16.4. The summed E-state index contributed by atoms with van der Waals surface area (Å²) >= 11 is 0. The van der Waals surface area contributed by atoms with Crippen LogP contribution in [0.4, 0.5) is 0 Å². The first kappa shape index (κ1) is 23.2. The molecular weight excluding hydrogens is 316 g/mol. The Kier molecular flexibility index (Phi) is 14.7. The van der Waals surface area contributed by atoms with Crippen LogP contribution in [0.15, 0.2) is 12.4 Å². The Bertz CT molecular complexity index is 422. The van der Waals surface area contributed by atoms with Gasteiger partial charge in [-0.3, -0.25) is 0 Å². The van der Waals surface area contributed by atoms with Gasteiger partial charge in [0.1, 0.15) is 12.4 Å². The number of nitrogens with zero attached hydrogens (tertiary/aromatic N) is 2. The van der Waals surface area contributed by atoms with Crippen molar-refractivity contribution < 1.29 is 4.57 Å². The number of hydrogen-bond donors (Lipinski definition) is 0. The molecule has 0 unspecified atom stereocenters. The molecule has 0 aromatic carbocycles. The van der Waals surface area contributed by atoms with E-state index in [1.54, 1.807) is 0 Å². The van der Waals surface area contributed by atoms with Crippen LogP contribution in [0.2, 0.25) is 0 Å². The summed E-state index contributed by atoms with van der Waals surface area (Å²) < 4.78 is 4.90. The van der Waals surface area contributed by atoms with Crippen molar-refractivity contribution >= 4 is 0 Å². The van der Waals surface area contributed by atoms with E-state index in [1.807, 2.05) is 0 Å². The molecule has 0 bridgehead atoms. The van der Waals surface area contributed by atoms with Crippen molar-refractivity contribution in [3.63, 3.8) is 0 Å². The summed E-state index contributed by atoms with van der Waals surface area (Å²) in [5.74, 6) is 1.52. The highest BCUT2D eigenvalue weighted by Gasteiger charge is 2.14. The summed E-state index contributed by atoms with van der Waals surface area (Å²) in [5, 5.41) is 0. The first-order valence-electron chi connectivity index (χ1n) is 11.9. The summed E-state index contributed by atoms with van der Waals surface area (Å²) in [6, 6.07) is 0. The van der Waals surface area contributed by atoms with Crippen LogP contribution in [-0.4, -0.2) is 4.57 Å². The quantitative estimate of drug-likeness (QED) is 0.192. The molecule has 0 radical (unpaired) electrons. The van der Waals surface area contributed by atoms with Gasteiger partial charge in [0.2, 0.25) is 0 Å². The van der Waals surface area contributed by atoms with Crippen molar-refractivity contribution in [2.24, 2.45) is 0 Å². The Labute approximate surface area is 164 Å². The molecule has 2 nitrogen and oxygen atoms in total. The van der Waals surface area contributed by atoms with Gasteiger partial charge >= 0.3 is 0 Å². The van der Waals surface area contributed by atoms with E-state index in [4.69, 9.17) is 0 Å². The lowest BCUT2D eigenvalue weighted by molar-refractivity contribution is -0.704. The topological polar surface area (TPSA) is 8.81 Å². The van der Waals surface area contributed by atoms with Gasteiger partial charge in [0.25, 0.3) is 5.82 Å². The molecule has 0 aliphatic rings. The highest BCUT2D eigenvalue weighted by molar-refractivity contribution is 4.83. The highest BCUT2D eigenvalue weighted by Crippen LogP contribution is 2.13. The smallest absolute Gasteiger partial charge is 0.235 e. The third-order valence-electron chi connectivity index (χ3n) is 5.66. The van der Waals surface area contributed by atoms with Crippen LogP contribution < -0.4 is 4.57 Å². The molecule has 2 heteroatoms. The van der Waals surface area contributed by atoms with E-state index in [-0.39, 0.29) is 0 Å². The van der Waals surface area contributed by atoms with Crippen LogP contribution in [0.3, 0.4) is 0 Å². The van der Waals surface area contributed by atoms with Crippen molar-refractivity contribution in [1.29, 1.82) is 0 Å². The normalized spacial score (nSPS) is 11.3. The van der Waals surface area contributed by atoms with Crippen LogP contribution in [0.25, 0.3) is 0 Å². The average Bonchev–Trinajstić information content (AvgIpc) is 3.04. The molecule has 1 aromatic heterocycles. The lowest BCUT2D eigenvalue weighted by atomic mass is 10.0. The Morgan fingerprint density at radius 3 is 1.62 bits per heavy atom. The molecule has 1 heterocycles. The number of rotatable bonds is 18. The second-order valence-corrected chi connectivity index (χ2v) is 8.04. The predicted molar refractivity (Wildman–Crippen MR) is 115 cm³/mol. The van der Waals surface area contributed by atoms with Gasteiger partial charge < -0.3 is 0 Å². The van der Waals surface area contributed by atoms with Gasteiger partial charge in [-0.15, -0.1) is 0 Å². The van der Waals surface area contributed by atoms with E-state index in [2.05, 4.69) is 42.3 Å². The fourth-order valence-corrected chi connectivity index (χ4v) is 3.98. The molecule has 0 fully saturated rings. The van der Waals surface area contributed by atoms with Crippen LogP contribution in [0.5, 0.6) is 0 Å². The summed E-state index contributed by atoms with van der Waals surface area (Å²) in [5.41, 5.74) is 0. The van der Waals surface area contributed by atoms with Crippen LogP contribution in [-0.2, 0) is 19.5 Å². The standard InChI is InChI=1S/C24H47N2/c1-4-7-8-9-10-11-12-13-14-15-16-17-18-19-21-26-23-22-25(6-3)24(26)20-5-2/h22-23H,4-21H2,1-3H3/q+1. The van der Waals surface area contributed by atoms with Gasteiger partial charge in [-0.05, 0) is 26.2 Å². The van der Waals surface area contributed by atoms with Gasteiger partial charge in [0, 0.05) is 6.42 Å². The Morgan fingerprint density at radius 2 is 1.15 bits per heavy atom. The van der Waals surface area contributed by atoms with Gasteiger partial charge in [0.15, 0.2) is 0 Å². The first-order chi connectivity index (χ1) is 12.8. The number of unbranched alkanes of at least 4 members (excludes halogenated alkanes) is 13. The predicted octanol–water partition coefficient (Wildman–Crippen LogP) is 7.23. The zero-order chi connectivity index (χ0) is 18.9. The Balaban J connectivity index is 1.93. The molecule has 0 saturated heterocycles. The van der Waals surface area contributed by atoms with Crippen LogP contribution >= 0.6 is 0 Å². The summed E-state index contributed by atoms with van der Waals surface area (Å²) in [4.78, 5) is 0. The molecule has 0 aliphatic heterocycles. The van der Waals surface area contributed by atoms with Gasteiger partial charge in [-0.1, -0.05) is 90.9 Å². The Morgan fingerprint density at radius 1 is 0.654 bits per heavy atom. The number of hydrogen-bond acceptors (Lipinski definition) is 0. The fraction of sp³-hybridized carbons (Fsp3) is 0.875. The minimum absolute atomic E-state index is 1.10. The summed E-state index contributed by atoms with van der Waals surface area (Å²) in [6.07, 6.45) is 27.1. The van der Waals surface area contributed by atoms with E-state index < -0.39 is 0 Å². The zero-order valence-electron chi connectivity index (χ0n) is 18.3. The first-order valence-corrected chi connectivity index (χ1v) is 11.9. The Hall–Kier alpha value is -0.790. The maximum Gasteiger partial charge on any atom is 0.256 e. The van der Waals surface area contributed by atoms with E-state index in [0.29, 0.717) is 0 Å². The molecule has 0 aliphatic carbocycles. The maximum atomic E-state index is 2.49. The zero-order valence-corrected chi connectivity index (χ0v) is 18.3. The SMILES string of the molecule is CCCCCCCCCCCCCCCC[n+]1ccn(CC)c1CCC. The van der Waals surface area contributed by atoms with Crippen molar-refractivity contribution in [2.75, 3.05) is 0 Å². The largest absolute Gasteiger partial charge is 0.256 e. The van der Waals surface area contributed by atoms with Crippen LogP contribution in [0.1, 0.15) is 123 Å². The summed E-state index contributed by atoms with van der Waals surface area (Å²) in [6.45, 7) is 9.13. The molecule has 0 saturated carbocycles. The third-order valence-corrected chi connectivity index (χ3v) is 5.66. The molecular formula is C24H47N2+. The minimum atomic E-state index is 1.10. The molecule has 1 rings (SSSR count).